The van der Waals surface area contributed by atoms with Gasteiger partial charge in [0.25, 0.3) is 5.91 Å². The van der Waals surface area contributed by atoms with Gasteiger partial charge in [0.05, 0.1) is 18.2 Å². The first-order valence-corrected chi connectivity index (χ1v) is 8.81. The van der Waals surface area contributed by atoms with Gasteiger partial charge in [-0.3, -0.25) is 4.79 Å². The number of quaternary nitrogens is 1. The van der Waals surface area contributed by atoms with Crippen LogP contribution in [0.2, 0.25) is 0 Å². The number of nitrogens with two attached hydrogens (primary N) is 1. The average molecular weight is 325 g/mol. The maximum absolute atomic E-state index is 12.4. The lowest BCUT2D eigenvalue weighted by Crippen LogP contribution is -2.85. The molecular weight excluding hydrogens is 300 g/mol. The molecule has 0 radical (unpaired) electrons. The highest BCUT2D eigenvalue weighted by Crippen LogP contribution is 2.38. The Morgan fingerprint density at radius 2 is 2.05 bits per heavy atom. The molecule has 0 fully saturated rings. The molecule has 1 aliphatic rings. The second-order valence-electron chi connectivity index (χ2n) is 5.82. The fourth-order valence-corrected chi connectivity index (χ4v) is 3.89. The van der Waals surface area contributed by atoms with E-state index in [1.165, 1.54) is 16.2 Å². The van der Waals surface area contributed by atoms with Gasteiger partial charge in [-0.15, -0.1) is 11.3 Å². The summed E-state index contributed by atoms with van der Waals surface area (Å²) in [6.07, 6.45) is 3.94. The van der Waals surface area contributed by atoms with Gasteiger partial charge in [-0.25, -0.2) is 4.79 Å². The summed E-state index contributed by atoms with van der Waals surface area (Å²) >= 11 is 1.53. The van der Waals surface area contributed by atoms with Crippen molar-refractivity contribution in [1.82, 2.24) is 0 Å². The molecule has 0 saturated carbocycles. The number of rotatable bonds is 6. The highest BCUT2D eigenvalue weighted by Gasteiger charge is 2.27. The van der Waals surface area contributed by atoms with Gasteiger partial charge in [-0.2, -0.15) is 0 Å². The SMILES string of the molecule is CC[NH2+]CC(=O)Nc1sc2c(c1C(=O)OC(C)C)CCCC2. The van der Waals surface area contributed by atoms with E-state index in [-0.39, 0.29) is 18.0 Å². The minimum atomic E-state index is -0.316. The Bertz CT molecular complexity index is 552. The third-order valence-electron chi connectivity index (χ3n) is 3.59. The molecular formula is C16H25N2O3S+. The van der Waals surface area contributed by atoms with Gasteiger partial charge in [0.1, 0.15) is 5.00 Å². The first kappa shape index (κ1) is 17.0. The van der Waals surface area contributed by atoms with Gasteiger partial charge in [-0.05, 0) is 52.0 Å². The molecule has 1 aliphatic carbocycles. The molecule has 122 valence electrons. The van der Waals surface area contributed by atoms with Crippen LogP contribution in [0.3, 0.4) is 0 Å². The Hall–Kier alpha value is -1.40. The smallest absolute Gasteiger partial charge is 0.341 e. The lowest BCUT2D eigenvalue weighted by Gasteiger charge is -2.14. The van der Waals surface area contributed by atoms with E-state index < -0.39 is 0 Å². The number of amides is 1. The number of carbonyl (C=O) groups excluding carboxylic acids is 2. The first-order chi connectivity index (χ1) is 10.5. The van der Waals surface area contributed by atoms with E-state index in [2.05, 4.69) is 5.32 Å². The Balaban J connectivity index is 2.25. The van der Waals surface area contributed by atoms with Crippen LogP contribution in [0.1, 0.15) is 54.4 Å². The molecule has 0 spiro atoms. The summed E-state index contributed by atoms with van der Waals surface area (Å²) in [6.45, 7) is 6.91. The highest BCUT2D eigenvalue weighted by molar-refractivity contribution is 7.17. The van der Waals surface area contributed by atoms with Gasteiger partial charge in [0, 0.05) is 4.88 Å². The lowest BCUT2D eigenvalue weighted by molar-refractivity contribution is -0.640. The lowest BCUT2D eigenvalue weighted by atomic mass is 9.95. The highest BCUT2D eigenvalue weighted by atomic mass is 32.1. The molecule has 1 aromatic heterocycles. The molecule has 1 aromatic rings. The fraction of sp³-hybridized carbons (Fsp3) is 0.625. The largest absolute Gasteiger partial charge is 0.459 e. The number of ether oxygens (including phenoxy) is 1. The number of likely N-dealkylation sites (N-methyl/N-ethyl adjacent to an activating group) is 1. The summed E-state index contributed by atoms with van der Waals surface area (Å²) in [6, 6.07) is 0. The number of nitrogens with one attached hydrogen (secondary N) is 1. The van der Waals surface area contributed by atoms with Crippen molar-refractivity contribution in [2.24, 2.45) is 0 Å². The quantitative estimate of drug-likeness (QED) is 0.782. The zero-order valence-corrected chi connectivity index (χ0v) is 14.3. The van der Waals surface area contributed by atoms with Crippen molar-refractivity contribution in [2.45, 2.75) is 52.6 Å². The van der Waals surface area contributed by atoms with Gasteiger partial charge in [0.2, 0.25) is 0 Å². The van der Waals surface area contributed by atoms with E-state index >= 15 is 0 Å². The standard InChI is InChI=1S/C16H24N2O3S/c1-4-17-9-13(19)18-15-14(16(20)21-10(2)3)11-7-5-6-8-12(11)22-15/h10,17H,4-9H2,1-3H3,(H,18,19)/p+1. The number of esters is 1. The summed E-state index contributed by atoms with van der Waals surface area (Å²) in [5.41, 5.74) is 1.66. The van der Waals surface area contributed by atoms with Crippen molar-refractivity contribution in [3.05, 3.63) is 16.0 Å². The zero-order valence-electron chi connectivity index (χ0n) is 13.5. The number of aryl methyl sites for hydroxylation is 1. The van der Waals surface area contributed by atoms with Crippen LogP contribution in [0.4, 0.5) is 5.00 Å². The second-order valence-corrected chi connectivity index (χ2v) is 6.92. The maximum atomic E-state index is 12.4. The molecule has 6 heteroatoms. The second kappa shape index (κ2) is 7.74. The van der Waals surface area contributed by atoms with Gasteiger partial charge in [0.15, 0.2) is 6.54 Å². The molecule has 2 rings (SSSR count). The van der Waals surface area contributed by atoms with Gasteiger partial charge >= 0.3 is 5.97 Å². The number of thiophene rings is 1. The molecule has 0 saturated heterocycles. The van der Waals surface area contributed by atoms with Gasteiger partial charge in [-0.1, -0.05) is 0 Å². The molecule has 0 atom stereocenters. The van der Waals surface area contributed by atoms with Crippen LogP contribution in [0.25, 0.3) is 0 Å². The number of hydrogen-bond donors (Lipinski definition) is 2. The molecule has 0 unspecified atom stereocenters. The Morgan fingerprint density at radius 1 is 1.32 bits per heavy atom. The molecule has 22 heavy (non-hydrogen) atoms. The first-order valence-electron chi connectivity index (χ1n) is 8.00. The molecule has 1 heterocycles. The topological polar surface area (TPSA) is 72.0 Å². The minimum absolute atomic E-state index is 0.0703. The minimum Gasteiger partial charge on any atom is -0.459 e. The van der Waals surface area contributed by atoms with Crippen LogP contribution in [0.15, 0.2) is 0 Å². The van der Waals surface area contributed by atoms with E-state index in [0.29, 0.717) is 17.1 Å². The van der Waals surface area contributed by atoms with E-state index in [1.54, 1.807) is 0 Å². The predicted molar refractivity (Wildman–Crippen MR) is 87.5 cm³/mol. The molecule has 1 amide bonds. The molecule has 0 bridgehead atoms. The normalized spacial score (nSPS) is 13.8. The molecule has 0 aromatic carbocycles. The van der Waals surface area contributed by atoms with Crippen molar-refractivity contribution in [1.29, 1.82) is 0 Å². The van der Waals surface area contributed by atoms with E-state index in [1.807, 2.05) is 26.1 Å². The number of hydrogen-bond acceptors (Lipinski definition) is 4. The van der Waals surface area contributed by atoms with Crippen molar-refractivity contribution in [3.8, 4) is 0 Å². The van der Waals surface area contributed by atoms with Crippen LogP contribution in [0.5, 0.6) is 0 Å². The monoisotopic (exact) mass is 325 g/mol. The molecule has 0 aliphatic heterocycles. The number of carbonyl (C=O) groups is 2. The van der Waals surface area contributed by atoms with E-state index in [4.69, 9.17) is 4.74 Å². The third-order valence-corrected chi connectivity index (χ3v) is 4.80. The van der Waals surface area contributed by atoms with Crippen molar-refractivity contribution in [3.63, 3.8) is 0 Å². The Kier molecular flexibility index (Phi) is 5.97. The predicted octanol–water partition coefficient (Wildman–Crippen LogP) is 1.71. The Morgan fingerprint density at radius 3 is 2.73 bits per heavy atom. The van der Waals surface area contributed by atoms with Gasteiger partial charge < -0.3 is 15.4 Å². The molecule has 5 nitrogen and oxygen atoms in total. The maximum Gasteiger partial charge on any atom is 0.341 e. The van der Waals surface area contributed by atoms with Crippen LogP contribution >= 0.6 is 11.3 Å². The summed E-state index contributed by atoms with van der Waals surface area (Å²) in [4.78, 5) is 25.6. The average Bonchev–Trinajstić information content (AvgIpc) is 2.82. The van der Waals surface area contributed by atoms with Crippen LogP contribution in [0, 0.1) is 0 Å². The number of fused-ring (bicyclic) bond motifs is 1. The van der Waals surface area contributed by atoms with Crippen LogP contribution in [-0.4, -0.2) is 31.1 Å². The number of anilines is 1. The Labute approximate surface area is 135 Å². The third kappa shape index (κ3) is 4.08. The summed E-state index contributed by atoms with van der Waals surface area (Å²) < 4.78 is 5.37. The zero-order chi connectivity index (χ0) is 16.1. The summed E-state index contributed by atoms with van der Waals surface area (Å²) in [5.74, 6) is -0.386. The fourth-order valence-electron chi connectivity index (χ4n) is 2.60. The van der Waals surface area contributed by atoms with Crippen molar-refractivity contribution >= 4 is 28.2 Å². The van der Waals surface area contributed by atoms with Crippen molar-refractivity contribution in [2.75, 3.05) is 18.4 Å². The van der Waals surface area contributed by atoms with Crippen LogP contribution < -0.4 is 10.6 Å². The molecule has 3 N–H and O–H groups in total. The summed E-state index contributed by atoms with van der Waals surface area (Å²) in [7, 11) is 0. The van der Waals surface area contributed by atoms with Crippen molar-refractivity contribution < 1.29 is 19.6 Å². The van der Waals surface area contributed by atoms with Crippen LogP contribution in [-0.2, 0) is 22.4 Å². The van der Waals surface area contributed by atoms with E-state index in [9.17, 15) is 9.59 Å². The van der Waals surface area contributed by atoms with E-state index in [0.717, 1.165) is 37.8 Å². The summed E-state index contributed by atoms with van der Waals surface area (Å²) in [5, 5.41) is 5.49.